The van der Waals surface area contributed by atoms with Crippen LogP contribution >= 0.6 is 0 Å². The summed E-state index contributed by atoms with van der Waals surface area (Å²) in [6.07, 6.45) is 1.19. The Kier molecular flexibility index (Phi) is 7.30. The number of hydrogen-bond donors (Lipinski definition) is 1. The second kappa shape index (κ2) is 8.96. The third kappa shape index (κ3) is 4.50. The van der Waals surface area contributed by atoms with Crippen molar-refractivity contribution in [3.63, 3.8) is 0 Å². The second-order valence-corrected chi connectivity index (χ2v) is 5.92. The number of aldehydes is 1. The van der Waals surface area contributed by atoms with Crippen LogP contribution in [0, 0.1) is 6.92 Å². The number of nitrogens with zero attached hydrogens (tertiary/aromatic N) is 1. The van der Waals surface area contributed by atoms with Gasteiger partial charge < -0.3 is 10.1 Å². The van der Waals surface area contributed by atoms with E-state index in [4.69, 9.17) is 0 Å². The highest BCUT2D eigenvalue weighted by molar-refractivity contribution is 6.04. The van der Waals surface area contributed by atoms with Gasteiger partial charge in [0.05, 0.1) is 0 Å². The highest BCUT2D eigenvalue weighted by atomic mass is 16.2. The molecule has 24 heavy (non-hydrogen) atoms. The van der Waals surface area contributed by atoms with E-state index in [0.29, 0.717) is 18.3 Å². The number of carbonyl (C=O) groups excluding carboxylic acids is 4. The monoisotopic (exact) mass is 332 g/mol. The zero-order valence-electron chi connectivity index (χ0n) is 14.5. The highest BCUT2D eigenvalue weighted by Crippen LogP contribution is 2.21. The van der Waals surface area contributed by atoms with E-state index >= 15 is 0 Å². The van der Waals surface area contributed by atoms with Crippen LogP contribution in [-0.4, -0.2) is 42.5 Å². The van der Waals surface area contributed by atoms with E-state index in [0.717, 1.165) is 16.0 Å². The van der Waals surface area contributed by atoms with Crippen LogP contribution in [0.4, 0.5) is 0 Å². The van der Waals surface area contributed by atoms with E-state index in [-0.39, 0.29) is 18.8 Å². The van der Waals surface area contributed by atoms with Crippen LogP contribution in [0.25, 0.3) is 0 Å². The van der Waals surface area contributed by atoms with Crippen LogP contribution in [-0.2, 0) is 14.4 Å². The molecule has 0 aliphatic carbocycles. The van der Waals surface area contributed by atoms with Crippen molar-refractivity contribution in [3.8, 4) is 0 Å². The molecule has 1 rings (SSSR count). The van der Waals surface area contributed by atoms with Gasteiger partial charge in [0.1, 0.15) is 12.3 Å². The number of likely N-dealkylation sites (N-methyl/N-ethyl adjacent to an activating group) is 1. The Labute approximate surface area is 142 Å². The maximum atomic E-state index is 12.8. The average Bonchev–Trinajstić information content (AvgIpc) is 2.57. The van der Waals surface area contributed by atoms with Crippen molar-refractivity contribution < 1.29 is 19.2 Å². The van der Waals surface area contributed by atoms with Gasteiger partial charge in [0.2, 0.25) is 12.3 Å². The average molecular weight is 332 g/mol. The molecule has 1 N–H and O–H groups in total. The van der Waals surface area contributed by atoms with Crippen LogP contribution < -0.4 is 5.32 Å². The molecule has 1 atom stereocenters. The van der Waals surface area contributed by atoms with Crippen LogP contribution in [0.15, 0.2) is 18.2 Å². The summed E-state index contributed by atoms with van der Waals surface area (Å²) in [4.78, 5) is 47.9. The lowest BCUT2D eigenvalue weighted by Crippen LogP contribution is -2.48. The zero-order chi connectivity index (χ0) is 18.3. The number of amides is 3. The molecule has 0 aliphatic rings. The number of hydrogen-bond acceptors (Lipinski definition) is 4. The van der Waals surface area contributed by atoms with Gasteiger partial charge in [-0.25, -0.2) is 0 Å². The molecule has 0 saturated heterocycles. The second-order valence-electron chi connectivity index (χ2n) is 5.92. The fourth-order valence-electron chi connectivity index (χ4n) is 2.42. The Morgan fingerprint density at radius 3 is 2.42 bits per heavy atom. The first kappa shape index (κ1) is 19.5. The van der Waals surface area contributed by atoms with Gasteiger partial charge in [-0.05, 0) is 36.5 Å². The molecule has 0 heterocycles. The standard InChI is InChI=1S/C18H24N2O4/c1-12(2)14-8-7-13(3)15(10-14)18(24)20(11-22)16(6-5-9-21)17(23)19-4/h7-12,16H,5-6H2,1-4H3,(H,19,23). The number of benzene rings is 1. The van der Waals surface area contributed by atoms with Crippen molar-refractivity contribution in [3.05, 3.63) is 34.9 Å². The molecule has 6 heteroatoms. The molecular weight excluding hydrogens is 308 g/mol. The summed E-state index contributed by atoms with van der Waals surface area (Å²) in [5.41, 5.74) is 2.08. The van der Waals surface area contributed by atoms with Crippen molar-refractivity contribution in [2.45, 2.75) is 45.6 Å². The van der Waals surface area contributed by atoms with Crippen molar-refractivity contribution in [2.75, 3.05) is 7.05 Å². The molecule has 0 bridgehead atoms. The maximum absolute atomic E-state index is 12.8. The molecule has 6 nitrogen and oxygen atoms in total. The van der Waals surface area contributed by atoms with Crippen molar-refractivity contribution >= 4 is 24.5 Å². The minimum atomic E-state index is -1.01. The third-order valence-electron chi connectivity index (χ3n) is 3.95. The lowest BCUT2D eigenvalue weighted by molar-refractivity contribution is -0.131. The molecule has 0 fully saturated rings. The SMILES string of the molecule is CNC(=O)C(CCC=O)N(C=O)C(=O)c1cc(C(C)C)ccc1C. The van der Waals surface area contributed by atoms with Crippen molar-refractivity contribution in [1.29, 1.82) is 0 Å². The van der Waals surface area contributed by atoms with Crippen LogP contribution in [0.1, 0.15) is 54.1 Å². The first-order valence-electron chi connectivity index (χ1n) is 7.91. The summed E-state index contributed by atoms with van der Waals surface area (Å²) in [7, 11) is 1.42. The molecule has 0 aliphatic heterocycles. The van der Waals surface area contributed by atoms with E-state index in [2.05, 4.69) is 5.32 Å². The summed E-state index contributed by atoms with van der Waals surface area (Å²) in [5, 5.41) is 2.43. The molecule has 1 aromatic rings. The number of nitrogens with one attached hydrogen (secondary N) is 1. The minimum absolute atomic E-state index is 0.0841. The fraction of sp³-hybridized carbons (Fsp3) is 0.444. The van der Waals surface area contributed by atoms with Crippen LogP contribution in [0.2, 0.25) is 0 Å². The Morgan fingerprint density at radius 1 is 1.25 bits per heavy atom. The molecule has 0 radical (unpaired) electrons. The van der Waals surface area contributed by atoms with Gasteiger partial charge in [0, 0.05) is 19.0 Å². The van der Waals surface area contributed by atoms with Crippen LogP contribution in [0.3, 0.4) is 0 Å². The van der Waals surface area contributed by atoms with Gasteiger partial charge in [-0.3, -0.25) is 19.3 Å². The van der Waals surface area contributed by atoms with Crippen molar-refractivity contribution in [1.82, 2.24) is 10.2 Å². The minimum Gasteiger partial charge on any atom is -0.357 e. The molecular formula is C18H24N2O4. The first-order valence-corrected chi connectivity index (χ1v) is 7.91. The molecule has 0 aromatic heterocycles. The predicted molar refractivity (Wildman–Crippen MR) is 90.7 cm³/mol. The highest BCUT2D eigenvalue weighted by Gasteiger charge is 2.30. The lowest BCUT2D eigenvalue weighted by atomic mass is 9.96. The normalized spacial score (nSPS) is 11.7. The first-order chi connectivity index (χ1) is 11.4. The van der Waals surface area contributed by atoms with E-state index in [1.807, 2.05) is 26.0 Å². The predicted octanol–water partition coefficient (Wildman–Crippen LogP) is 1.81. The van der Waals surface area contributed by atoms with Gasteiger partial charge in [-0.15, -0.1) is 0 Å². The Morgan fingerprint density at radius 2 is 1.92 bits per heavy atom. The molecule has 1 aromatic carbocycles. The van der Waals surface area contributed by atoms with Gasteiger partial charge in [-0.1, -0.05) is 26.0 Å². The Balaban J connectivity index is 3.24. The summed E-state index contributed by atoms with van der Waals surface area (Å²) in [6.45, 7) is 5.79. The van der Waals surface area contributed by atoms with E-state index in [1.165, 1.54) is 7.05 Å². The summed E-state index contributed by atoms with van der Waals surface area (Å²) < 4.78 is 0. The molecule has 130 valence electrons. The van der Waals surface area contributed by atoms with Gasteiger partial charge in [-0.2, -0.15) is 0 Å². The molecule has 0 spiro atoms. The Hall–Kier alpha value is -2.50. The topological polar surface area (TPSA) is 83.6 Å². The molecule has 3 amide bonds. The quantitative estimate of drug-likeness (QED) is 0.736. The smallest absolute Gasteiger partial charge is 0.261 e. The van der Waals surface area contributed by atoms with E-state index < -0.39 is 17.9 Å². The van der Waals surface area contributed by atoms with Crippen molar-refractivity contribution in [2.24, 2.45) is 0 Å². The number of carbonyl (C=O) groups is 4. The largest absolute Gasteiger partial charge is 0.357 e. The molecule has 1 unspecified atom stereocenters. The summed E-state index contributed by atoms with van der Waals surface area (Å²) in [5.74, 6) is -0.786. The van der Waals surface area contributed by atoms with E-state index in [9.17, 15) is 19.2 Å². The zero-order valence-corrected chi connectivity index (χ0v) is 14.5. The Bertz CT molecular complexity index is 625. The van der Waals surface area contributed by atoms with E-state index in [1.54, 1.807) is 13.0 Å². The van der Waals surface area contributed by atoms with Gasteiger partial charge >= 0.3 is 0 Å². The maximum Gasteiger partial charge on any atom is 0.261 e. The fourth-order valence-corrected chi connectivity index (χ4v) is 2.42. The van der Waals surface area contributed by atoms with Crippen LogP contribution in [0.5, 0.6) is 0 Å². The molecule has 0 saturated carbocycles. The number of imide groups is 1. The van der Waals surface area contributed by atoms with Gasteiger partial charge in [0.15, 0.2) is 0 Å². The summed E-state index contributed by atoms with van der Waals surface area (Å²) >= 11 is 0. The lowest BCUT2D eigenvalue weighted by Gasteiger charge is -2.25. The number of aryl methyl sites for hydroxylation is 1. The number of rotatable bonds is 8. The van der Waals surface area contributed by atoms with Gasteiger partial charge in [0.25, 0.3) is 5.91 Å². The third-order valence-corrected chi connectivity index (χ3v) is 3.95. The summed E-state index contributed by atoms with van der Waals surface area (Å²) in [6, 6.07) is 4.50.